The van der Waals surface area contributed by atoms with Crippen LogP contribution in [0.25, 0.3) is 11.4 Å². The molecule has 4 nitrogen and oxygen atoms in total. The van der Waals surface area contributed by atoms with Crippen LogP contribution in [0.5, 0.6) is 5.75 Å². The van der Waals surface area contributed by atoms with Gasteiger partial charge in [0.05, 0.1) is 7.11 Å². The van der Waals surface area contributed by atoms with E-state index in [1.54, 1.807) is 7.11 Å². The molecule has 0 amide bonds. The van der Waals surface area contributed by atoms with Gasteiger partial charge in [0, 0.05) is 28.4 Å². The number of ether oxygens (including phenoxy) is 1. The second-order valence-electron chi connectivity index (χ2n) is 6.67. The maximum Gasteiger partial charge on any atom is 0.161 e. The van der Waals surface area contributed by atoms with Gasteiger partial charge in [0.1, 0.15) is 11.6 Å². The molecule has 0 spiro atoms. The monoisotopic (exact) mass is 379 g/mol. The summed E-state index contributed by atoms with van der Waals surface area (Å²) < 4.78 is 5.24. The van der Waals surface area contributed by atoms with Gasteiger partial charge < -0.3 is 10.1 Å². The Kier molecular flexibility index (Phi) is 5.26. The topological polar surface area (TPSA) is 47.0 Å². The highest BCUT2D eigenvalue weighted by Crippen LogP contribution is 2.30. The summed E-state index contributed by atoms with van der Waals surface area (Å²) in [5, 5.41) is 4.33. The second kappa shape index (κ2) is 7.97. The van der Waals surface area contributed by atoms with Crippen molar-refractivity contribution in [1.29, 1.82) is 0 Å². The Hall–Kier alpha value is -2.59. The van der Waals surface area contributed by atoms with Crippen LogP contribution in [-0.4, -0.2) is 23.6 Å². The zero-order valence-electron chi connectivity index (χ0n) is 15.3. The highest BCUT2D eigenvalue weighted by atomic mass is 35.5. The van der Waals surface area contributed by atoms with E-state index in [4.69, 9.17) is 26.3 Å². The first-order valence-electron chi connectivity index (χ1n) is 9.26. The van der Waals surface area contributed by atoms with Crippen molar-refractivity contribution in [3.8, 4) is 17.1 Å². The van der Waals surface area contributed by atoms with Crippen LogP contribution in [0.15, 0.2) is 48.5 Å². The maximum absolute atomic E-state index is 6.27. The number of anilines is 1. The SMILES string of the molecule is COc1ccc(-c2nc3c(c(NCCc4ccccc4Cl)n2)CCC3)cc1. The molecule has 0 saturated heterocycles. The first-order chi connectivity index (χ1) is 13.2. The molecule has 3 aromatic rings. The number of nitrogens with one attached hydrogen (secondary N) is 1. The lowest BCUT2D eigenvalue weighted by molar-refractivity contribution is 0.415. The Morgan fingerprint density at radius 3 is 2.63 bits per heavy atom. The third kappa shape index (κ3) is 3.91. The van der Waals surface area contributed by atoms with E-state index in [9.17, 15) is 0 Å². The van der Waals surface area contributed by atoms with Gasteiger partial charge >= 0.3 is 0 Å². The smallest absolute Gasteiger partial charge is 0.161 e. The first-order valence-corrected chi connectivity index (χ1v) is 9.64. The molecule has 5 heteroatoms. The Balaban J connectivity index is 1.56. The van der Waals surface area contributed by atoms with E-state index in [0.717, 1.165) is 71.5 Å². The number of hydrogen-bond acceptors (Lipinski definition) is 4. The lowest BCUT2D eigenvalue weighted by atomic mass is 10.1. The first kappa shape index (κ1) is 17.8. The fourth-order valence-corrected chi connectivity index (χ4v) is 3.69. The summed E-state index contributed by atoms with van der Waals surface area (Å²) in [5.74, 6) is 2.55. The average molecular weight is 380 g/mol. The normalized spacial score (nSPS) is 12.7. The molecule has 1 aromatic heterocycles. The van der Waals surface area contributed by atoms with Crippen molar-refractivity contribution in [3.05, 3.63) is 70.4 Å². The molecular formula is C22H22ClN3O. The van der Waals surface area contributed by atoms with Crippen molar-refractivity contribution in [1.82, 2.24) is 9.97 Å². The summed E-state index contributed by atoms with van der Waals surface area (Å²) in [6.07, 6.45) is 4.04. The van der Waals surface area contributed by atoms with Gasteiger partial charge in [-0.2, -0.15) is 0 Å². The summed E-state index contributed by atoms with van der Waals surface area (Å²) >= 11 is 6.27. The predicted octanol–water partition coefficient (Wildman–Crippen LogP) is 4.95. The van der Waals surface area contributed by atoms with Crippen LogP contribution in [0.3, 0.4) is 0 Å². The van der Waals surface area contributed by atoms with Crippen molar-refractivity contribution in [2.75, 3.05) is 19.0 Å². The van der Waals surface area contributed by atoms with Crippen molar-refractivity contribution < 1.29 is 4.74 Å². The highest BCUT2D eigenvalue weighted by molar-refractivity contribution is 6.31. The maximum atomic E-state index is 6.27. The molecule has 138 valence electrons. The Labute approximate surface area is 164 Å². The number of fused-ring (bicyclic) bond motifs is 1. The van der Waals surface area contributed by atoms with Crippen molar-refractivity contribution >= 4 is 17.4 Å². The third-order valence-corrected chi connectivity index (χ3v) is 5.29. The van der Waals surface area contributed by atoms with Gasteiger partial charge in [0.25, 0.3) is 0 Å². The van der Waals surface area contributed by atoms with Crippen LogP contribution in [-0.2, 0) is 19.3 Å². The number of methoxy groups -OCH3 is 1. The zero-order valence-corrected chi connectivity index (χ0v) is 16.1. The molecule has 0 unspecified atom stereocenters. The van der Waals surface area contributed by atoms with E-state index in [1.807, 2.05) is 42.5 Å². The lowest BCUT2D eigenvalue weighted by Gasteiger charge is -2.13. The number of nitrogens with zero attached hydrogens (tertiary/aromatic N) is 2. The van der Waals surface area contributed by atoms with Gasteiger partial charge in [-0.3, -0.25) is 0 Å². The Morgan fingerprint density at radius 1 is 1.04 bits per heavy atom. The molecule has 1 aliphatic carbocycles. The molecule has 1 N–H and O–H groups in total. The summed E-state index contributed by atoms with van der Waals surface area (Å²) in [4.78, 5) is 9.63. The molecule has 27 heavy (non-hydrogen) atoms. The lowest BCUT2D eigenvalue weighted by Crippen LogP contribution is -2.10. The van der Waals surface area contributed by atoms with Crippen LogP contribution in [0.1, 0.15) is 23.2 Å². The van der Waals surface area contributed by atoms with Crippen molar-refractivity contribution in [2.45, 2.75) is 25.7 Å². The third-order valence-electron chi connectivity index (χ3n) is 4.93. The molecule has 0 aliphatic heterocycles. The molecule has 4 rings (SSSR count). The summed E-state index contributed by atoms with van der Waals surface area (Å²) in [6, 6.07) is 15.9. The molecule has 0 radical (unpaired) electrons. The zero-order chi connectivity index (χ0) is 18.6. The molecule has 0 atom stereocenters. The van der Waals surface area contributed by atoms with E-state index in [-0.39, 0.29) is 0 Å². The molecule has 0 fully saturated rings. The minimum atomic E-state index is 0.763. The van der Waals surface area contributed by atoms with Gasteiger partial charge in [-0.25, -0.2) is 9.97 Å². The van der Waals surface area contributed by atoms with Gasteiger partial charge in [0.2, 0.25) is 0 Å². The minimum absolute atomic E-state index is 0.763. The standard InChI is InChI=1S/C22H22ClN3O/c1-27-17-11-9-16(10-12-17)21-25-20-8-4-6-18(20)22(26-21)24-14-13-15-5-2-3-7-19(15)23/h2-3,5,7,9-12H,4,6,8,13-14H2,1H3,(H,24,25,26). The van der Waals surface area contributed by atoms with Crippen LogP contribution in [0.4, 0.5) is 5.82 Å². The largest absolute Gasteiger partial charge is 0.497 e. The number of aromatic nitrogens is 2. The fourth-order valence-electron chi connectivity index (χ4n) is 3.46. The number of halogens is 1. The number of benzene rings is 2. The van der Waals surface area contributed by atoms with Crippen LogP contribution in [0.2, 0.25) is 5.02 Å². The van der Waals surface area contributed by atoms with Crippen molar-refractivity contribution in [3.63, 3.8) is 0 Å². The van der Waals surface area contributed by atoms with Crippen LogP contribution in [0, 0.1) is 0 Å². The van der Waals surface area contributed by atoms with Gasteiger partial charge in [-0.1, -0.05) is 29.8 Å². The summed E-state index contributed by atoms with van der Waals surface area (Å²) in [5.41, 5.74) is 4.56. The predicted molar refractivity (Wildman–Crippen MR) is 110 cm³/mol. The molecule has 1 heterocycles. The minimum Gasteiger partial charge on any atom is -0.497 e. The van der Waals surface area contributed by atoms with Crippen LogP contribution >= 0.6 is 11.6 Å². The van der Waals surface area contributed by atoms with Gasteiger partial charge in [-0.15, -0.1) is 0 Å². The number of rotatable bonds is 6. The van der Waals surface area contributed by atoms with E-state index >= 15 is 0 Å². The van der Waals surface area contributed by atoms with E-state index in [1.165, 1.54) is 5.56 Å². The molecule has 0 saturated carbocycles. The van der Waals surface area contributed by atoms with E-state index in [2.05, 4.69) is 11.4 Å². The highest BCUT2D eigenvalue weighted by Gasteiger charge is 2.20. The van der Waals surface area contributed by atoms with Gasteiger partial charge in [-0.05, 0) is 61.6 Å². The number of hydrogen-bond donors (Lipinski definition) is 1. The molecule has 0 bridgehead atoms. The Morgan fingerprint density at radius 2 is 1.85 bits per heavy atom. The van der Waals surface area contributed by atoms with E-state index in [0.29, 0.717) is 0 Å². The molecule has 1 aliphatic rings. The van der Waals surface area contributed by atoms with Gasteiger partial charge in [0.15, 0.2) is 5.82 Å². The second-order valence-corrected chi connectivity index (χ2v) is 7.08. The summed E-state index contributed by atoms with van der Waals surface area (Å²) in [6.45, 7) is 0.787. The molecule has 2 aromatic carbocycles. The fraction of sp³-hybridized carbons (Fsp3) is 0.273. The van der Waals surface area contributed by atoms with Crippen molar-refractivity contribution in [2.24, 2.45) is 0 Å². The average Bonchev–Trinajstić information content (AvgIpc) is 3.18. The Bertz CT molecular complexity index is 941. The van der Waals surface area contributed by atoms with E-state index < -0.39 is 0 Å². The number of aryl methyl sites for hydroxylation is 1. The quantitative estimate of drug-likeness (QED) is 0.658. The van der Waals surface area contributed by atoms with Crippen LogP contribution < -0.4 is 10.1 Å². The molecular weight excluding hydrogens is 358 g/mol. The summed E-state index contributed by atoms with van der Waals surface area (Å²) in [7, 11) is 1.67.